The van der Waals surface area contributed by atoms with Gasteiger partial charge in [-0.05, 0) is 25.0 Å². The number of nitrogens with one attached hydrogen (secondary N) is 1. The largest absolute Gasteiger partial charge is 0.490 e. The Bertz CT molecular complexity index is 416. The van der Waals surface area contributed by atoms with Gasteiger partial charge in [0.15, 0.2) is 11.5 Å². The summed E-state index contributed by atoms with van der Waals surface area (Å²) < 4.78 is 11.4. The van der Waals surface area contributed by atoms with Crippen molar-refractivity contribution in [1.29, 1.82) is 5.41 Å². The van der Waals surface area contributed by atoms with Crippen LogP contribution in [0.4, 0.5) is 0 Å². The minimum atomic E-state index is -0.334. The zero-order valence-electron chi connectivity index (χ0n) is 12.0. The maximum Gasteiger partial charge on any atom is 0.161 e. The molecule has 0 spiro atoms. The van der Waals surface area contributed by atoms with Gasteiger partial charge in [0.25, 0.3) is 0 Å². The fraction of sp³-hybridized carbons (Fsp3) is 0.533. The highest BCUT2D eigenvalue weighted by molar-refractivity contribution is 5.82. The first kappa shape index (κ1) is 15.3. The van der Waals surface area contributed by atoms with E-state index < -0.39 is 0 Å². The van der Waals surface area contributed by atoms with Crippen LogP contribution in [-0.2, 0) is 0 Å². The van der Waals surface area contributed by atoms with Crippen LogP contribution in [0.5, 0.6) is 11.5 Å². The van der Waals surface area contributed by atoms with E-state index in [1.165, 1.54) is 0 Å². The minimum absolute atomic E-state index is 0.187. The topological polar surface area (TPSA) is 68.3 Å². The number of ether oxygens (including phenoxy) is 2. The van der Waals surface area contributed by atoms with Crippen molar-refractivity contribution < 1.29 is 9.47 Å². The molecule has 0 aliphatic heterocycles. The van der Waals surface area contributed by atoms with E-state index in [1.807, 2.05) is 38.1 Å². The van der Waals surface area contributed by atoms with Gasteiger partial charge in [-0.3, -0.25) is 5.41 Å². The third-order valence-corrected chi connectivity index (χ3v) is 3.02. The summed E-state index contributed by atoms with van der Waals surface area (Å²) in [5, 5.41) is 7.51. The molecule has 19 heavy (non-hydrogen) atoms. The SMILES string of the molecule is CCCOc1ccccc1OCCC(C)(C)C(=N)N. The van der Waals surface area contributed by atoms with Gasteiger partial charge in [-0.2, -0.15) is 0 Å². The van der Waals surface area contributed by atoms with Crippen LogP contribution < -0.4 is 15.2 Å². The first-order chi connectivity index (χ1) is 8.97. The molecule has 0 fully saturated rings. The summed E-state index contributed by atoms with van der Waals surface area (Å²) in [5.74, 6) is 1.70. The molecule has 1 rings (SSSR count). The van der Waals surface area contributed by atoms with Gasteiger partial charge in [0.05, 0.1) is 19.0 Å². The number of rotatable bonds is 8. The van der Waals surface area contributed by atoms with E-state index in [9.17, 15) is 0 Å². The molecule has 0 aliphatic carbocycles. The van der Waals surface area contributed by atoms with Crippen molar-refractivity contribution in [2.45, 2.75) is 33.6 Å². The summed E-state index contributed by atoms with van der Waals surface area (Å²) >= 11 is 0. The predicted octanol–water partition coefficient (Wildman–Crippen LogP) is 3.21. The molecule has 0 bridgehead atoms. The first-order valence-corrected chi connectivity index (χ1v) is 6.66. The second-order valence-corrected chi connectivity index (χ2v) is 5.19. The fourth-order valence-corrected chi connectivity index (χ4v) is 1.45. The average Bonchev–Trinajstić information content (AvgIpc) is 2.37. The van der Waals surface area contributed by atoms with Crippen LogP contribution in [0.25, 0.3) is 0 Å². The van der Waals surface area contributed by atoms with Gasteiger partial charge < -0.3 is 15.2 Å². The maximum absolute atomic E-state index is 7.51. The Kier molecular flexibility index (Phi) is 5.67. The van der Waals surface area contributed by atoms with Crippen LogP contribution in [0.15, 0.2) is 24.3 Å². The Balaban J connectivity index is 2.55. The Hall–Kier alpha value is -1.71. The molecule has 0 amide bonds. The zero-order chi connectivity index (χ0) is 14.3. The van der Waals surface area contributed by atoms with E-state index in [1.54, 1.807) is 0 Å². The molecule has 0 heterocycles. The van der Waals surface area contributed by atoms with Crippen LogP contribution in [-0.4, -0.2) is 19.0 Å². The Morgan fingerprint density at radius 1 is 1.16 bits per heavy atom. The third kappa shape index (κ3) is 4.81. The number of para-hydroxylation sites is 2. The molecule has 0 saturated heterocycles. The van der Waals surface area contributed by atoms with Crippen LogP contribution in [0.2, 0.25) is 0 Å². The van der Waals surface area contributed by atoms with Crippen molar-refractivity contribution >= 4 is 5.84 Å². The van der Waals surface area contributed by atoms with Gasteiger partial charge in [-0.1, -0.05) is 32.9 Å². The number of benzene rings is 1. The number of hydrogen-bond acceptors (Lipinski definition) is 3. The van der Waals surface area contributed by atoms with Crippen molar-refractivity contribution in [3.8, 4) is 11.5 Å². The quantitative estimate of drug-likeness (QED) is 0.559. The molecule has 3 N–H and O–H groups in total. The Morgan fingerprint density at radius 2 is 1.68 bits per heavy atom. The maximum atomic E-state index is 7.51. The summed E-state index contributed by atoms with van der Waals surface area (Å²) in [6.45, 7) is 7.15. The number of amidine groups is 1. The number of hydrogen-bond donors (Lipinski definition) is 2. The van der Waals surface area contributed by atoms with E-state index in [0.29, 0.717) is 19.6 Å². The third-order valence-electron chi connectivity index (χ3n) is 3.02. The van der Waals surface area contributed by atoms with E-state index >= 15 is 0 Å². The molecule has 106 valence electrons. The van der Waals surface area contributed by atoms with E-state index in [2.05, 4.69) is 6.92 Å². The predicted molar refractivity (Wildman–Crippen MR) is 78.0 cm³/mol. The van der Waals surface area contributed by atoms with Gasteiger partial charge in [0.2, 0.25) is 0 Å². The molecule has 0 saturated carbocycles. The van der Waals surface area contributed by atoms with Gasteiger partial charge >= 0.3 is 0 Å². The molecule has 4 heteroatoms. The fourth-order valence-electron chi connectivity index (χ4n) is 1.45. The first-order valence-electron chi connectivity index (χ1n) is 6.66. The van der Waals surface area contributed by atoms with Gasteiger partial charge in [0, 0.05) is 5.41 Å². The summed E-state index contributed by atoms with van der Waals surface area (Å²) in [6, 6.07) is 7.65. The van der Waals surface area contributed by atoms with Crippen LogP contribution in [0, 0.1) is 10.8 Å². The van der Waals surface area contributed by atoms with Crippen molar-refractivity contribution in [2.24, 2.45) is 11.1 Å². The summed E-state index contributed by atoms with van der Waals surface area (Å²) in [5.41, 5.74) is 5.21. The lowest BCUT2D eigenvalue weighted by atomic mass is 9.88. The molecular weight excluding hydrogens is 240 g/mol. The smallest absolute Gasteiger partial charge is 0.161 e. The van der Waals surface area contributed by atoms with Crippen molar-refractivity contribution in [2.75, 3.05) is 13.2 Å². The second-order valence-electron chi connectivity index (χ2n) is 5.19. The molecule has 1 aromatic rings. The molecule has 1 aromatic carbocycles. The summed E-state index contributed by atoms with van der Waals surface area (Å²) in [4.78, 5) is 0. The van der Waals surface area contributed by atoms with Crippen LogP contribution >= 0.6 is 0 Å². The average molecular weight is 264 g/mol. The molecule has 0 unspecified atom stereocenters. The normalized spacial score (nSPS) is 11.1. The van der Waals surface area contributed by atoms with Crippen molar-refractivity contribution in [1.82, 2.24) is 0 Å². The standard InChI is InChI=1S/C15H24N2O2/c1-4-10-18-12-7-5-6-8-13(12)19-11-9-15(2,3)14(16)17/h5-8H,4,9-11H2,1-3H3,(H3,16,17). The Labute approximate surface area is 115 Å². The lowest BCUT2D eigenvalue weighted by Crippen LogP contribution is -2.32. The lowest BCUT2D eigenvalue weighted by Gasteiger charge is -2.23. The molecule has 0 radical (unpaired) electrons. The minimum Gasteiger partial charge on any atom is -0.490 e. The van der Waals surface area contributed by atoms with Crippen LogP contribution in [0.3, 0.4) is 0 Å². The van der Waals surface area contributed by atoms with Gasteiger partial charge in [-0.15, -0.1) is 0 Å². The van der Waals surface area contributed by atoms with Gasteiger partial charge in [0.1, 0.15) is 0 Å². The highest BCUT2D eigenvalue weighted by Crippen LogP contribution is 2.28. The second kappa shape index (κ2) is 7.02. The highest BCUT2D eigenvalue weighted by atomic mass is 16.5. The number of nitrogens with two attached hydrogens (primary N) is 1. The monoisotopic (exact) mass is 264 g/mol. The van der Waals surface area contributed by atoms with Crippen molar-refractivity contribution in [3.05, 3.63) is 24.3 Å². The Morgan fingerprint density at radius 3 is 2.16 bits per heavy atom. The molecule has 0 aromatic heterocycles. The molecule has 0 aliphatic rings. The van der Waals surface area contributed by atoms with E-state index in [0.717, 1.165) is 17.9 Å². The summed E-state index contributed by atoms with van der Waals surface area (Å²) in [6.07, 6.45) is 1.66. The van der Waals surface area contributed by atoms with E-state index in [-0.39, 0.29) is 11.3 Å². The van der Waals surface area contributed by atoms with Crippen LogP contribution in [0.1, 0.15) is 33.6 Å². The van der Waals surface area contributed by atoms with Crippen molar-refractivity contribution in [3.63, 3.8) is 0 Å². The molecular formula is C15H24N2O2. The summed E-state index contributed by atoms with van der Waals surface area (Å²) in [7, 11) is 0. The molecule has 4 nitrogen and oxygen atoms in total. The highest BCUT2D eigenvalue weighted by Gasteiger charge is 2.21. The lowest BCUT2D eigenvalue weighted by molar-refractivity contribution is 0.244. The van der Waals surface area contributed by atoms with E-state index in [4.69, 9.17) is 20.6 Å². The zero-order valence-corrected chi connectivity index (χ0v) is 12.0. The van der Waals surface area contributed by atoms with Gasteiger partial charge in [-0.25, -0.2) is 0 Å². The molecule has 0 atom stereocenters.